The minimum Gasteiger partial charge on any atom is -0.484 e. The summed E-state index contributed by atoms with van der Waals surface area (Å²) in [5, 5.41) is 15.7. The lowest BCUT2D eigenvalue weighted by Crippen LogP contribution is -2.20. The van der Waals surface area contributed by atoms with Crippen LogP contribution in [0.5, 0.6) is 5.75 Å². The number of fused-ring (bicyclic) bond motifs is 1. The monoisotopic (exact) mass is 331 g/mol. The molecular formula is C15H17N5O2S. The number of ether oxygens (including phenoxy) is 1. The molecule has 0 radical (unpaired) electrons. The Kier molecular flexibility index (Phi) is 4.52. The third kappa shape index (κ3) is 3.84. The molecule has 0 aliphatic heterocycles. The molecule has 0 bridgehead atoms. The largest absolute Gasteiger partial charge is 0.484 e. The number of hydrogen-bond acceptors (Lipinski definition) is 6. The second-order valence-electron chi connectivity index (χ2n) is 5.47. The Labute approximate surface area is 137 Å². The predicted octanol–water partition coefficient (Wildman–Crippen LogP) is 2.40. The van der Waals surface area contributed by atoms with E-state index < -0.39 is 0 Å². The van der Waals surface area contributed by atoms with E-state index in [2.05, 4.69) is 34.5 Å². The third-order valence-electron chi connectivity index (χ3n) is 3.01. The Bertz CT molecular complexity index is 797. The lowest BCUT2D eigenvalue weighted by atomic mass is 10.1. The SMILES string of the molecule is CC(C)Cc1nnc2sc(NC(=O)COc3ccccc3)nn12. The van der Waals surface area contributed by atoms with Gasteiger partial charge in [-0.15, -0.1) is 15.3 Å². The summed E-state index contributed by atoms with van der Waals surface area (Å²) in [6.07, 6.45) is 0.787. The number of carbonyl (C=O) groups excluding carboxylic acids is 1. The summed E-state index contributed by atoms with van der Waals surface area (Å²) in [6.45, 7) is 4.15. The summed E-state index contributed by atoms with van der Waals surface area (Å²) < 4.78 is 7.08. The molecule has 3 aromatic rings. The number of carbonyl (C=O) groups is 1. The van der Waals surface area contributed by atoms with E-state index in [0.717, 1.165) is 12.2 Å². The van der Waals surface area contributed by atoms with E-state index >= 15 is 0 Å². The molecule has 0 unspecified atom stereocenters. The molecule has 120 valence electrons. The Morgan fingerprint density at radius 1 is 1.30 bits per heavy atom. The van der Waals surface area contributed by atoms with Gasteiger partial charge in [0.2, 0.25) is 10.1 Å². The normalized spacial score (nSPS) is 11.1. The lowest BCUT2D eigenvalue weighted by molar-refractivity contribution is -0.118. The van der Waals surface area contributed by atoms with Crippen LogP contribution in [0.1, 0.15) is 19.7 Å². The number of nitrogens with zero attached hydrogens (tertiary/aromatic N) is 4. The van der Waals surface area contributed by atoms with Gasteiger partial charge in [0.05, 0.1) is 0 Å². The van der Waals surface area contributed by atoms with E-state index in [-0.39, 0.29) is 12.5 Å². The molecule has 0 saturated heterocycles. The summed E-state index contributed by atoms with van der Waals surface area (Å²) in [5.74, 6) is 1.65. The van der Waals surface area contributed by atoms with E-state index in [0.29, 0.717) is 21.8 Å². The molecule has 0 fully saturated rings. The molecule has 8 heteroatoms. The van der Waals surface area contributed by atoms with Gasteiger partial charge in [-0.3, -0.25) is 10.1 Å². The first kappa shape index (κ1) is 15.4. The molecule has 2 heterocycles. The van der Waals surface area contributed by atoms with Crippen LogP contribution < -0.4 is 10.1 Å². The van der Waals surface area contributed by atoms with E-state index in [1.165, 1.54) is 11.3 Å². The molecule has 1 N–H and O–H groups in total. The van der Waals surface area contributed by atoms with Crippen LogP contribution >= 0.6 is 11.3 Å². The van der Waals surface area contributed by atoms with Gasteiger partial charge in [0, 0.05) is 6.42 Å². The summed E-state index contributed by atoms with van der Waals surface area (Å²) in [6, 6.07) is 9.20. The average Bonchev–Trinajstić information content (AvgIpc) is 3.07. The standard InChI is InChI=1S/C15H17N5O2S/c1-10(2)8-12-17-18-15-20(12)19-14(23-15)16-13(21)9-22-11-6-4-3-5-7-11/h3-7,10H,8-9H2,1-2H3,(H,16,19,21). The van der Waals surface area contributed by atoms with E-state index in [1.54, 1.807) is 16.6 Å². The minimum absolute atomic E-state index is 0.0665. The smallest absolute Gasteiger partial charge is 0.264 e. The molecule has 0 aliphatic rings. The van der Waals surface area contributed by atoms with Crippen LogP contribution in [-0.2, 0) is 11.2 Å². The quantitative estimate of drug-likeness (QED) is 0.750. The molecule has 3 rings (SSSR count). The van der Waals surface area contributed by atoms with Crippen LogP contribution in [0, 0.1) is 5.92 Å². The maximum atomic E-state index is 11.9. The summed E-state index contributed by atoms with van der Waals surface area (Å²) in [7, 11) is 0. The van der Waals surface area contributed by atoms with Gasteiger partial charge in [-0.25, -0.2) is 0 Å². The molecule has 0 saturated carbocycles. The van der Waals surface area contributed by atoms with Crippen LogP contribution in [0.25, 0.3) is 4.96 Å². The maximum Gasteiger partial charge on any atom is 0.264 e. The third-order valence-corrected chi connectivity index (χ3v) is 3.82. The van der Waals surface area contributed by atoms with Crippen LogP contribution in [0.4, 0.5) is 5.13 Å². The molecule has 0 atom stereocenters. The molecule has 0 aliphatic carbocycles. The fourth-order valence-corrected chi connectivity index (χ4v) is 2.80. The molecule has 1 amide bonds. The average molecular weight is 331 g/mol. The fraction of sp³-hybridized carbons (Fsp3) is 0.333. The van der Waals surface area contributed by atoms with Gasteiger partial charge in [0.25, 0.3) is 5.91 Å². The highest BCUT2D eigenvalue weighted by Crippen LogP contribution is 2.19. The minimum atomic E-state index is -0.260. The van der Waals surface area contributed by atoms with Crippen LogP contribution in [-0.4, -0.2) is 32.3 Å². The fourth-order valence-electron chi connectivity index (χ4n) is 2.02. The molecule has 23 heavy (non-hydrogen) atoms. The first-order chi connectivity index (χ1) is 11.1. The number of benzene rings is 1. The van der Waals surface area contributed by atoms with Crippen LogP contribution in [0.2, 0.25) is 0 Å². The number of amides is 1. The summed E-state index contributed by atoms with van der Waals surface area (Å²) >= 11 is 1.29. The van der Waals surface area contributed by atoms with Gasteiger partial charge < -0.3 is 4.74 Å². The highest BCUT2D eigenvalue weighted by atomic mass is 32.1. The summed E-state index contributed by atoms with van der Waals surface area (Å²) in [4.78, 5) is 12.6. The molecule has 2 aromatic heterocycles. The Balaban J connectivity index is 1.62. The number of para-hydroxylation sites is 1. The van der Waals surface area contributed by atoms with Crippen molar-refractivity contribution >= 4 is 27.3 Å². The number of rotatable bonds is 6. The number of hydrogen-bond donors (Lipinski definition) is 1. The topological polar surface area (TPSA) is 81.4 Å². The van der Waals surface area contributed by atoms with Gasteiger partial charge in [-0.2, -0.15) is 4.52 Å². The van der Waals surface area contributed by atoms with Crippen LogP contribution in [0.15, 0.2) is 30.3 Å². The zero-order chi connectivity index (χ0) is 16.2. The molecule has 7 nitrogen and oxygen atoms in total. The second kappa shape index (κ2) is 6.74. The van der Waals surface area contributed by atoms with Crippen molar-refractivity contribution in [3.8, 4) is 5.75 Å². The number of anilines is 1. The van der Waals surface area contributed by atoms with Crippen molar-refractivity contribution in [2.75, 3.05) is 11.9 Å². The van der Waals surface area contributed by atoms with Crippen molar-refractivity contribution in [2.24, 2.45) is 5.92 Å². The van der Waals surface area contributed by atoms with Crippen LogP contribution in [0.3, 0.4) is 0 Å². The first-order valence-corrected chi connectivity index (χ1v) is 8.12. The predicted molar refractivity (Wildman–Crippen MR) is 87.8 cm³/mol. The van der Waals surface area contributed by atoms with Crippen molar-refractivity contribution in [1.82, 2.24) is 19.8 Å². The van der Waals surface area contributed by atoms with Gasteiger partial charge in [0.1, 0.15) is 5.75 Å². The molecular weight excluding hydrogens is 314 g/mol. The Morgan fingerprint density at radius 2 is 2.09 bits per heavy atom. The molecule has 1 aromatic carbocycles. The zero-order valence-electron chi connectivity index (χ0n) is 12.9. The van der Waals surface area contributed by atoms with E-state index in [1.807, 2.05) is 18.2 Å². The zero-order valence-corrected chi connectivity index (χ0v) is 13.7. The summed E-state index contributed by atoms with van der Waals surface area (Å²) in [5.41, 5.74) is 0. The van der Waals surface area contributed by atoms with Gasteiger partial charge in [-0.1, -0.05) is 43.4 Å². The van der Waals surface area contributed by atoms with Gasteiger partial charge >= 0.3 is 0 Å². The Hall–Kier alpha value is -2.48. The van der Waals surface area contributed by atoms with Crippen molar-refractivity contribution in [3.63, 3.8) is 0 Å². The number of aromatic nitrogens is 4. The number of nitrogens with one attached hydrogen (secondary N) is 1. The first-order valence-electron chi connectivity index (χ1n) is 7.30. The highest BCUT2D eigenvalue weighted by Gasteiger charge is 2.14. The van der Waals surface area contributed by atoms with Crippen molar-refractivity contribution in [1.29, 1.82) is 0 Å². The van der Waals surface area contributed by atoms with E-state index in [4.69, 9.17) is 4.74 Å². The van der Waals surface area contributed by atoms with Crippen molar-refractivity contribution in [2.45, 2.75) is 20.3 Å². The molecule has 0 spiro atoms. The maximum absolute atomic E-state index is 11.9. The van der Waals surface area contributed by atoms with Gasteiger partial charge in [0.15, 0.2) is 12.4 Å². The van der Waals surface area contributed by atoms with Crippen molar-refractivity contribution < 1.29 is 9.53 Å². The van der Waals surface area contributed by atoms with Crippen molar-refractivity contribution in [3.05, 3.63) is 36.2 Å². The lowest BCUT2D eigenvalue weighted by Gasteiger charge is -2.05. The Morgan fingerprint density at radius 3 is 2.83 bits per heavy atom. The van der Waals surface area contributed by atoms with E-state index in [9.17, 15) is 4.79 Å². The second-order valence-corrected chi connectivity index (χ2v) is 6.42. The van der Waals surface area contributed by atoms with Gasteiger partial charge in [-0.05, 0) is 18.1 Å². The highest BCUT2D eigenvalue weighted by molar-refractivity contribution is 7.20.